The predicted molar refractivity (Wildman–Crippen MR) is 118 cm³/mol. The third kappa shape index (κ3) is 2.82. The van der Waals surface area contributed by atoms with Crippen LogP contribution in [0.5, 0.6) is 0 Å². The molecule has 6 heteroatoms. The van der Waals surface area contributed by atoms with Gasteiger partial charge in [0.2, 0.25) is 0 Å². The summed E-state index contributed by atoms with van der Waals surface area (Å²) in [6.07, 6.45) is 3.57. The first-order valence-electron chi connectivity index (χ1n) is 9.66. The molecule has 142 valence electrons. The van der Waals surface area contributed by atoms with Crippen molar-refractivity contribution in [2.45, 2.75) is 0 Å². The molecule has 6 rings (SSSR count). The number of nitrogens with one attached hydrogen (secondary N) is 2. The molecular weight excluding hydrogens is 372 g/mol. The molecule has 0 aliphatic carbocycles. The Morgan fingerprint density at radius 2 is 1.00 bits per heavy atom. The number of hydrogen-bond donors (Lipinski definition) is 2. The van der Waals surface area contributed by atoms with Gasteiger partial charge in [0.25, 0.3) is 0 Å². The summed E-state index contributed by atoms with van der Waals surface area (Å²) in [7, 11) is 0. The molecule has 6 aromatic rings. The largest absolute Gasteiger partial charge is 0.338 e. The highest BCUT2D eigenvalue weighted by Crippen LogP contribution is 2.27. The fourth-order valence-electron chi connectivity index (χ4n) is 3.61. The number of rotatable bonds is 3. The zero-order valence-corrected chi connectivity index (χ0v) is 15.9. The van der Waals surface area contributed by atoms with Crippen molar-refractivity contribution in [1.29, 1.82) is 0 Å². The Morgan fingerprint density at radius 3 is 1.47 bits per heavy atom. The van der Waals surface area contributed by atoms with Gasteiger partial charge in [0.1, 0.15) is 11.6 Å². The SMILES string of the molecule is c1ccc2[nH]c(-c3ccnc(-c4cc(-c5nc6ccccc6[nH]5)ccn4)c3)nc2c1. The average molecular weight is 388 g/mol. The Bertz CT molecular complexity index is 1330. The van der Waals surface area contributed by atoms with Crippen molar-refractivity contribution in [3.8, 4) is 34.2 Å². The van der Waals surface area contributed by atoms with Gasteiger partial charge in [-0.3, -0.25) is 9.97 Å². The molecule has 0 unspecified atom stereocenters. The number of imidazole rings is 2. The second-order valence-electron chi connectivity index (χ2n) is 7.06. The van der Waals surface area contributed by atoms with E-state index in [9.17, 15) is 0 Å². The maximum atomic E-state index is 4.69. The van der Waals surface area contributed by atoms with Crippen LogP contribution in [0.3, 0.4) is 0 Å². The summed E-state index contributed by atoms with van der Waals surface area (Å²) in [6.45, 7) is 0. The number of para-hydroxylation sites is 4. The van der Waals surface area contributed by atoms with E-state index >= 15 is 0 Å². The van der Waals surface area contributed by atoms with Crippen molar-refractivity contribution in [2.75, 3.05) is 0 Å². The number of aromatic amines is 2. The number of aromatic nitrogens is 6. The van der Waals surface area contributed by atoms with Gasteiger partial charge in [-0.1, -0.05) is 24.3 Å². The molecule has 0 aliphatic rings. The molecule has 4 heterocycles. The van der Waals surface area contributed by atoms with Crippen LogP contribution in [0.25, 0.3) is 56.2 Å². The molecule has 30 heavy (non-hydrogen) atoms. The zero-order chi connectivity index (χ0) is 19.9. The second-order valence-corrected chi connectivity index (χ2v) is 7.06. The first kappa shape index (κ1) is 16.6. The topological polar surface area (TPSA) is 83.1 Å². The molecule has 2 aromatic carbocycles. The van der Waals surface area contributed by atoms with Crippen LogP contribution in [0, 0.1) is 0 Å². The highest BCUT2D eigenvalue weighted by Gasteiger charge is 2.10. The highest BCUT2D eigenvalue weighted by atomic mass is 14.9. The molecule has 0 aliphatic heterocycles. The first-order chi connectivity index (χ1) is 14.8. The van der Waals surface area contributed by atoms with Gasteiger partial charge >= 0.3 is 0 Å². The predicted octanol–water partition coefficient (Wildman–Crippen LogP) is 5.23. The van der Waals surface area contributed by atoms with Crippen molar-refractivity contribution in [3.05, 3.63) is 85.2 Å². The van der Waals surface area contributed by atoms with Crippen LogP contribution in [0.15, 0.2) is 85.2 Å². The molecule has 6 nitrogen and oxygen atoms in total. The molecule has 0 fully saturated rings. The van der Waals surface area contributed by atoms with Gasteiger partial charge in [0.15, 0.2) is 0 Å². The molecule has 0 saturated heterocycles. The van der Waals surface area contributed by atoms with Crippen LogP contribution in [-0.2, 0) is 0 Å². The van der Waals surface area contributed by atoms with E-state index in [0.717, 1.165) is 56.2 Å². The van der Waals surface area contributed by atoms with Crippen LogP contribution in [0.2, 0.25) is 0 Å². The molecule has 0 radical (unpaired) electrons. The lowest BCUT2D eigenvalue weighted by molar-refractivity contribution is 1.23. The lowest BCUT2D eigenvalue weighted by Crippen LogP contribution is -1.91. The molecule has 0 bridgehead atoms. The molecule has 0 amide bonds. The van der Waals surface area contributed by atoms with E-state index in [4.69, 9.17) is 0 Å². The van der Waals surface area contributed by atoms with Crippen molar-refractivity contribution >= 4 is 22.1 Å². The summed E-state index contributed by atoms with van der Waals surface area (Å²) in [5.41, 5.74) is 7.40. The molecule has 4 aromatic heterocycles. The molecule has 0 saturated carbocycles. The number of benzene rings is 2. The van der Waals surface area contributed by atoms with Crippen LogP contribution in [0.4, 0.5) is 0 Å². The Hall–Kier alpha value is -4.32. The van der Waals surface area contributed by atoms with Crippen LogP contribution in [-0.4, -0.2) is 29.9 Å². The summed E-state index contributed by atoms with van der Waals surface area (Å²) in [5.74, 6) is 1.63. The van der Waals surface area contributed by atoms with Gasteiger partial charge in [-0.25, -0.2) is 9.97 Å². The van der Waals surface area contributed by atoms with E-state index < -0.39 is 0 Å². The lowest BCUT2D eigenvalue weighted by Gasteiger charge is -2.04. The van der Waals surface area contributed by atoms with Gasteiger partial charge in [-0.2, -0.15) is 0 Å². The Labute approximate surface area is 171 Å². The minimum atomic E-state index is 0.783. The van der Waals surface area contributed by atoms with Crippen molar-refractivity contribution < 1.29 is 0 Å². The normalized spacial score (nSPS) is 11.3. The zero-order valence-electron chi connectivity index (χ0n) is 15.9. The minimum absolute atomic E-state index is 0.783. The fourth-order valence-corrected chi connectivity index (χ4v) is 3.61. The van der Waals surface area contributed by atoms with Crippen molar-refractivity contribution in [2.24, 2.45) is 0 Å². The maximum Gasteiger partial charge on any atom is 0.138 e. The summed E-state index contributed by atoms with van der Waals surface area (Å²) < 4.78 is 0. The minimum Gasteiger partial charge on any atom is -0.338 e. The van der Waals surface area contributed by atoms with Crippen LogP contribution < -0.4 is 0 Å². The van der Waals surface area contributed by atoms with Gasteiger partial charge in [0.05, 0.1) is 33.5 Å². The van der Waals surface area contributed by atoms with E-state index in [1.165, 1.54) is 0 Å². The van der Waals surface area contributed by atoms with E-state index in [0.29, 0.717) is 0 Å². The first-order valence-corrected chi connectivity index (χ1v) is 9.66. The fraction of sp³-hybridized carbons (Fsp3) is 0. The molecule has 2 N–H and O–H groups in total. The molecular formula is C24H16N6. The summed E-state index contributed by atoms with van der Waals surface area (Å²) >= 11 is 0. The van der Waals surface area contributed by atoms with Crippen LogP contribution in [0.1, 0.15) is 0 Å². The second kappa shape index (κ2) is 6.63. The lowest BCUT2D eigenvalue weighted by atomic mass is 10.1. The van der Waals surface area contributed by atoms with E-state index in [1.54, 1.807) is 12.4 Å². The van der Waals surface area contributed by atoms with Crippen LogP contribution >= 0.6 is 0 Å². The number of H-pyrrole nitrogens is 2. The number of nitrogens with zero attached hydrogens (tertiary/aromatic N) is 4. The summed E-state index contributed by atoms with van der Waals surface area (Å²) in [4.78, 5) is 25.2. The number of pyridine rings is 2. The van der Waals surface area contributed by atoms with Gasteiger partial charge in [-0.05, 0) is 48.5 Å². The number of hydrogen-bond acceptors (Lipinski definition) is 4. The van der Waals surface area contributed by atoms with Gasteiger partial charge in [-0.15, -0.1) is 0 Å². The average Bonchev–Trinajstić information content (AvgIpc) is 3.44. The van der Waals surface area contributed by atoms with E-state index in [2.05, 4.69) is 29.9 Å². The van der Waals surface area contributed by atoms with Crippen molar-refractivity contribution in [1.82, 2.24) is 29.9 Å². The smallest absolute Gasteiger partial charge is 0.138 e. The van der Waals surface area contributed by atoms with Crippen molar-refractivity contribution in [3.63, 3.8) is 0 Å². The summed E-state index contributed by atoms with van der Waals surface area (Å²) in [6, 6.07) is 23.9. The van der Waals surface area contributed by atoms with E-state index in [1.807, 2.05) is 72.8 Å². The molecule has 0 atom stereocenters. The Kier molecular flexibility index (Phi) is 3.67. The Morgan fingerprint density at radius 1 is 0.533 bits per heavy atom. The monoisotopic (exact) mass is 388 g/mol. The summed E-state index contributed by atoms with van der Waals surface area (Å²) in [5, 5.41) is 0. The maximum absolute atomic E-state index is 4.69. The Balaban J connectivity index is 1.41. The van der Waals surface area contributed by atoms with Gasteiger partial charge in [0, 0.05) is 23.5 Å². The van der Waals surface area contributed by atoms with Gasteiger partial charge < -0.3 is 9.97 Å². The number of fused-ring (bicyclic) bond motifs is 2. The third-order valence-corrected chi connectivity index (χ3v) is 5.11. The third-order valence-electron chi connectivity index (χ3n) is 5.11. The highest BCUT2D eigenvalue weighted by molar-refractivity contribution is 5.81. The quantitative estimate of drug-likeness (QED) is 0.435. The van der Waals surface area contributed by atoms with E-state index in [-0.39, 0.29) is 0 Å². The molecule has 0 spiro atoms. The standard InChI is InChI=1S/C24H16N6/c1-2-6-18-17(5-1)27-23(28-18)15-9-11-25-21(13-15)22-14-16(10-12-26-22)24-29-19-7-3-4-8-20(19)30-24/h1-14H,(H,27,28)(H,29,30).